The van der Waals surface area contributed by atoms with Crippen molar-refractivity contribution in [3.05, 3.63) is 29.8 Å². The third kappa shape index (κ3) is 4.41. The number of nitrogen functional groups attached to an aromatic ring is 1. The minimum absolute atomic E-state index is 0.0445. The first kappa shape index (κ1) is 16.2. The molecule has 0 amide bonds. The van der Waals surface area contributed by atoms with E-state index in [9.17, 15) is 13.5 Å². The topological polar surface area (TPSA) is 95.7 Å². The lowest BCUT2D eigenvalue weighted by Crippen LogP contribution is -2.46. The molecule has 1 aliphatic heterocycles. The molecule has 2 rings (SSSR count). The van der Waals surface area contributed by atoms with Gasteiger partial charge in [0.25, 0.3) is 10.2 Å². The van der Waals surface area contributed by atoms with Gasteiger partial charge in [-0.05, 0) is 36.5 Å². The first-order valence-electron chi connectivity index (χ1n) is 7.17. The maximum absolute atomic E-state index is 12.2. The third-order valence-corrected chi connectivity index (χ3v) is 5.28. The average molecular weight is 313 g/mol. The van der Waals surface area contributed by atoms with Gasteiger partial charge in [0, 0.05) is 25.3 Å². The predicted octanol–water partition coefficient (Wildman–Crippen LogP) is 0.868. The maximum Gasteiger partial charge on any atom is 0.279 e. The molecule has 0 radical (unpaired) electrons. The number of hydrogen-bond donors (Lipinski definition) is 3. The zero-order chi connectivity index (χ0) is 15.5. The van der Waals surface area contributed by atoms with Gasteiger partial charge in [-0.25, -0.2) is 0 Å². The van der Waals surface area contributed by atoms with Gasteiger partial charge in [0.15, 0.2) is 0 Å². The molecule has 1 fully saturated rings. The normalized spacial score (nSPS) is 22.1. The molecule has 21 heavy (non-hydrogen) atoms. The number of benzene rings is 1. The molecule has 1 heterocycles. The maximum atomic E-state index is 12.2. The van der Waals surface area contributed by atoms with Gasteiger partial charge >= 0.3 is 0 Å². The van der Waals surface area contributed by atoms with Crippen LogP contribution in [0.5, 0.6) is 0 Å². The van der Waals surface area contributed by atoms with Crippen LogP contribution < -0.4 is 10.5 Å². The van der Waals surface area contributed by atoms with Crippen LogP contribution in [-0.4, -0.2) is 37.5 Å². The zero-order valence-electron chi connectivity index (χ0n) is 12.2. The van der Waals surface area contributed by atoms with Crippen molar-refractivity contribution in [1.29, 1.82) is 0 Å². The largest absolute Gasteiger partial charge is 0.399 e. The second-order valence-corrected chi connectivity index (χ2v) is 7.40. The van der Waals surface area contributed by atoms with Crippen LogP contribution in [0.15, 0.2) is 24.3 Å². The van der Waals surface area contributed by atoms with E-state index in [1.807, 2.05) is 6.92 Å². The van der Waals surface area contributed by atoms with Gasteiger partial charge in [-0.1, -0.05) is 19.1 Å². The number of anilines is 1. The lowest BCUT2D eigenvalue weighted by atomic mass is 10.0. The molecular weight excluding hydrogens is 290 g/mol. The molecule has 1 aromatic rings. The van der Waals surface area contributed by atoms with Crippen molar-refractivity contribution in [2.75, 3.05) is 25.4 Å². The van der Waals surface area contributed by atoms with Crippen molar-refractivity contribution in [2.45, 2.75) is 25.9 Å². The Labute approximate surface area is 126 Å². The minimum Gasteiger partial charge on any atom is -0.399 e. The summed E-state index contributed by atoms with van der Waals surface area (Å²) in [5, 5.41) is 10.0. The molecule has 118 valence electrons. The molecule has 0 saturated carbocycles. The van der Waals surface area contributed by atoms with Crippen molar-refractivity contribution in [3.8, 4) is 0 Å². The Morgan fingerprint density at radius 2 is 2.10 bits per heavy atom. The molecule has 4 N–H and O–H groups in total. The van der Waals surface area contributed by atoms with Crippen molar-refractivity contribution in [1.82, 2.24) is 9.03 Å². The fourth-order valence-corrected chi connectivity index (χ4v) is 3.85. The number of piperidine rings is 1. The fourth-order valence-electron chi connectivity index (χ4n) is 2.48. The van der Waals surface area contributed by atoms with E-state index >= 15 is 0 Å². The van der Waals surface area contributed by atoms with Crippen molar-refractivity contribution >= 4 is 15.9 Å². The highest BCUT2D eigenvalue weighted by molar-refractivity contribution is 7.87. The predicted molar refractivity (Wildman–Crippen MR) is 82.7 cm³/mol. The molecule has 1 aromatic carbocycles. The number of nitrogens with two attached hydrogens (primary N) is 1. The highest BCUT2D eigenvalue weighted by Crippen LogP contribution is 2.18. The standard InChI is InChI=1S/C14H23N3O3S/c1-11-3-2-8-17(10-11)21(19,20)16-9-14(18)12-4-6-13(15)7-5-12/h4-7,11,14,16,18H,2-3,8-10,15H2,1H3. The third-order valence-electron chi connectivity index (χ3n) is 3.74. The molecule has 7 heteroatoms. The fraction of sp³-hybridized carbons (Fsp3) is 0.571. The number of aliphatic hydroxyl groups is 1. The number of nitrogens with one attached hydrogen (secondary N) is 1. The second-order valence-electron chi connectivity index (χ2n) is 5.64. The van der Waals surface area contributed by atoms with E-state index in [-0.39, 0.29) is 6.54 Å². The molecule has 0 bridgehead atoms. The summed E-state index contributed by atoms with van der Waals surface area (Å²) in [7, 11) is -3.53. The van der Waals surface area contributed by atoms with E-state index in [0.29, 0.717) is 30.3 Å². The average Bonchev–Trinajstić information content (AvgIpc) is 2.45. The van der Waals surface area contributed by atoms with Crippen molar-refractivity contribution < 1.29 is 13.5 Å². The van der Waals surface area contributed by atoms with E-state index in [1.165, 1.54) is 4.31 Å². The summed E-state index contributed by atoms with van der Waals surface area (Å²) in [6, 6.07) is 6.74. The Morgan fingerprint density at radius 1 is 1.43 bits per heavy atom. The summed E-state index contributed by atoms with van der Waals surface area (Å²) >= 11 is 0. The molecule has 1 saturated heterocycles. The Hall–Kier alpha value is -1.15. The van der Waals surface area contributed by atoms with Crippen LogP contribution in [0.4, 0.5) is 5.69 Å². The SMILES string of the molecule is CC1CCCN(S(=O)(=O)NCC(O)c2ccc(N)cc2)C1. The Morgan fingerprint density at radius 3 is 2.71 bits per heavy atom. The monoisotopic (exact) mass is 313 g/mol. The molecule has 0 aliphatic carbocycles. The van der Waals surface area contributed by atoms with Crippen LogP contribution in [0.25, 0.3) is 0 Å². The van der Waals surface area contributed by atoms with E-state index < -0.39 is 16.3 Å². The van der Waals surface area contributed by atoms with E-state index in [4.69, 9.17) is 5.73 Å². The first-order chi connectivity index (χ1) is 9.88. The molecular formula is C14H23N3O3S. The van der Waals surface area contributed by atoms with Crippen molar-refractivity contribution in [3.63, 3.8) is 0 Å². The molecule has 0 aromatic heterocycles. The second kappa shape index (κ2) is 6.74. The first-order valence-corrected chi connectivity index (χ1v) is 8.61. The summed E-state index contributed by atoms with van der Waals surface area (Å²) < 4.78 is 28.3. The van der Waals surface area contributed by atoms with Crippen LogP contribution >= 0.6 is 0 Å². The van der Waals surface area contributed by atoms with Crippen LogP contribution in [0.3, 0.4) is 0 Å². The van der Waals surface area contributed by atoms with E-state index in [1.54, 1.807) is 24.3 Å². The van der Waals surface area contributed by atoms with Gasteiger partial charge in [-0.3, -0.25) is 0 Å². The Kier molecular flexibility index (Phi) is 5.21. The molecule has 1 aliphatic rings. The number of nitrogens with zero attached hydrogens (tertiary/aromatic N) is 1. The minimum atomic E-state index is -3.53. The molecule has 0 spiro atoms. The quantitative estimate of drug-likeness (QED) is 0.703. The van der Waals surface area contributed by atoms with Gasteiger partial charge in [-0.2, -0.15) is 17.4 Å². The zero-order valence-corrected chi connectivity index (χ0v) is 13.0. The van der Waals surface area contributed by atoms with Crippen LogP contribution in [0.2, 0.25) is 0 Å². The van der Waals surface area contributed by atoms with E-state index in [0.717, 1.165) is 12.8 Å². The van der Waals surface area contributed by atoms with Crippen LogP contribution in [0.1, 0.15) is 31.4 Å². The summed E-state index contributed by atoms with van der Waals surface area (Å²) in [6.45, 7) is 3.08. The lowest BCUT2D eigenvalue weighted by Gasteiger charge is -2.30. The number of hydrogen-bond acceptors (Lipinski definition) is 4. The lowest BCUT2D eigenvalue weighted by molar-refractivity contribution is 0.180. The molecule has 2 unspecified atom stereocenters. The summed E-state index contributed by atoms with van der Waals surface area (Å²) in [5.41, 5.74) is 6.82. The summed E-state index contributed by atoms with van der Waals surface area (Å²) in [4.78, 5) is 0. The van der Waals surface area contributed by atoms with Gasteiger partial charge in [0.05, 0.1) is 6.10 Å². The number of rotatable bonds is 5. The van der Waals surface area contributed by atoms with E-state index in [2.05, 4.69) is 4.72 Å². The smallest absolute Gasteiger partial charge is 0.279 e. The molecule has 2 atom stereocenters. The summed E-state index contributed by atoms with van der Waals surface area (Å²) in [5.74, 6) is 0.373. The van der Waals surface area contributed by atoms with Gasteiger partial charge in [0.1, 0.15) is 0 Å². The van der Waals surface area contributed by atoms with Crippen LogP contribution in [0, 0.1) is 5.92 Å². The highest BCUT2D eigenvalue weighted by Gasteiger charge is 2.27. The van der Waals surface area contributed by atoms with Gasteiger partial charge < -0.3 is 10.8 Å². The van der Waals surface area contributed by atoms with Crippen LogP contribution in [-0.2, 0) is 10.2 Å². The number of aliphatic hydroxyl groups excluding tert-OH is 1. The van der Waals surface area contributed by atoms with Gasteiger partial charge in [-0.15, -0.1) is 0 Å². The Bertz CT molecular complexity index is 559. The molecule has 6 nitrogen and oxygen atoms in total. The highest BCUT2D eigenvalue weighted by atomic mass is 32.2. The van der Waals surface area contributed by atoms with Crippen molar-refractivity contribution in [2.24, 2.45) is 5.92 Å². The van der Waals surface area contributed by atoms with Gasteiger partial charge in [0.2, 0.25) is 0 Å². The Balaban J connectivity index is 1.93. The summed E-state index contributed by atoms with van der Waals surface area (Å²) in [6.07, 6.45) is 1.05.